The molecular formula is C45H93BBr4ClN17O10Pd. The van der Waals surface area contributed by atoms with Crippen molar-refractivity contribution in [2.24, 2.45) is 11.7 Å². The number of carbonyl (C=O) groups is 2. The number of nitrogens with two attached hydrogens (primary N) is 2. The number of carboxylic acids is 2. The van der Waals surface area contributed by atoms with Crippen LogP contribution in [0.1, 0.15) is 136 Å². The van der Waals surface area contributed by atoms with Gasteiger partial charge in [0.1, 0.15) is 17.6 Å². The summed E-state index contributed by atoms with van der Waals surface area (Å²) in [7, 11) is -1.17. The first-order valence-corrected chi connectivity index (χ1v) is 26.6. The van der Waals surface area contributed by atoms with Crippen LogP contribution in [-0.2, 0) is 30.0 Å². The van der Waals surface area contributed by atoms with Crippen LogP contribution in [-0.4, -0.2) is 133 Å². The Labute approximate surface area is 523 Å². The number of rotatable bonds is 5. The van der Waals surface area contributed by atoms with E-state index >= 15 is 0 Å². The maximum atomic E-state index is 10.2. The fourth-order valence-electron chi connectivity index (χ4n) is 3.49. The number of nitrogens with zero attached hydrogens (tertiary/aromatic N) is 14. The van der Waals surface area contributed by atoms with Crippen LogP contribution in [0.25, 0.3) is 33.5 Å². The van der Waals surface area contributed by atoms with Crippen LogP contribution in [0.3, 0.4) is 0 Å². The number of pyridine rings is 4. The minimum atomic E-state index is -1.17. The molecule has 0 aliphatic heterocycles. The molecule has 0 bridgehead atoms. The molecule has 0 radical (unpaired) electrons. The summed E-state index contributed by atoms with van der Waals surface area (Å²) in [5.74, 6) is 6.33. The molecule has 0 aliphatic carbocycles. The Morgan fingerprint density at radius 2 is 1.06 bits per heavy atom. The normalized spacial score (nSPS) is 7.97. The van der Waals surface area contributed by atoms with Crippen LogP contribution in [0.15, 0.2) is 62.5 Å². The number of nitrogens with one attached hydrogen (secondary N) is 1. The Balaban J connectivity index is -0.0000000536. The number of nitro groups is 1. The van der Waals surface area contributed by atoms with Gasteiger partial charge in [0.15, 0.2) is 5.52 Å². The predicted octanol–water partition coefficient (Wildman–Crippen LogP) is 12.2. The van der Waals surface area contributed by atoms with E-state index < -0.39 is 24.0 Å². The fraction of sp³-hybridized carbons (Fsp3) is 0.511. The molecule has 7 heterocycles. The molecule has 7 aromatic heterocycles. The van der Waals surface area contributed by atoms with Crippen LogP contribution < -0.4 is 21.9 Å². The molecule has 0 aromatic carbocycles. The topological polar surface area (TPSA) is 395 Å². The smallest absolute Gasteiger partial charge is 0.448 e. The van der Waals surface area contributed by atoms with E-state index in [9.17, 15) is 10.1 Å². The number of carboxylic acid groups (broad SMARTS) is 2. The summed E-state index contributed by atoms with van der Waals surface area (Å²) in [6.45, 7) is 32.7. The summed E-state index contributed by atoms with van der Waals surface area (Å²) in [5, 5.41) is 72.7. The maximum absolute atomic E-state index is 10.2. The first kappa shape index (κ1) is 99.6. The molecule has 0 amide bonds. The van der Waals surface area contributed by atoms with Gasteiger partial charge in [-0.05, 0) is 115 Å². The Bertz CT molecular complexity index is 2400. The van der Waals surface area contributed by atoms with Gasteiger partial charge in [-0.3, -0.25) is 31.4 Å². The van der Waals surface area contributed by atoms with E-state index in [2.05, 4.69) is 132 Å². The third-order valence-corrected chi connectivity index (χ3v) is 7.07. The average Bonchev–Trinajstić information content (AvgIpc) is 4.10. The van der Waals surface area contributed by atoms with Gasteiger partial charge >= 0.3 is 12.8 Å². The monoisotopic (exact) mass is 1500 g/mol. The van der Waals surface area contributed by atoms with E-state index in [0.717, 1.165) is 51.3 Å². The van der Waals surface area contributed by atoms with Gasteiger partial charge in [-0.25, -0.2) is 19.9 Å². The Morgan fingerprint density at radius 3 is 1.46 bits per heavy atom. The van der Waals surface area contributed by atoms with Crippen molar-refractivity contribution in [1.29, 1.82) is 0 Å². The number of aryl methyl sites for hydroxylation is 1. The van der Waals surface area contributed by atoms with Crippen molar-refractivity contribution in [1.82, 2.24) is 65.4 Å². The second-order valence-electron chi connectivity index (χ2n) is 10.9. The second kappa shape index (κ2) is 67.6. The zero-order valence-corrected chi connectivity index (χ0v) is 54.4. The van der Waals surface area contributed by atoms with E-state index in [0.29, 0.717) is 38.4 Å². The molecule has 0 fully saturated rings. The number of alkyl halides is 1. The van der Waals surface area contributed by atoms with E-state index in [4.69, 9.17) is 51.5 Å². The molecule has 0 spiro atoms. The maximum Gasteiger partial charge on any atom is 0.448 e. The molecule has 10 N–H and O–H groups in total. The summed E-state index contributed by atoms with van der Waals surface area (Å²) in [5.41, 5.74) is 7.76. The van der Waals surface area contributed by atoms with Gasteiger partial charge in [0.05, 0.1) is 4.92 Å². The summed E-state index contributed by atoms with van der Waals surface area (Å²) < 4.78 is 2.23. The van der Waals surface area contributed by atoms with Crippen LogP contribution in [0.4, 0.5) is 5.69 Å². The summed E-state index contributed by atoms with van der Waals surface area (Å²) in [6.07, 6.45) is 6.45. The van der Waals surface area contributed by atoms with Crippen LogP contribution in [0, 0.1) is 17.0 Å². The molecule has 7 rings (SSSR count). The van der Waals surface area contributed by atoms with Crippen molar-refractivity contribution in [2.75, 3.05) is 23.9 Å². The molecule has 0 aliphatic rings. The molecule has 27 nitrogen and oxygen atoms in total. The van der Waals surface area contributed by atoms with Gasteiger partial charge < -0.3 is 35.7 Å². The number of hydrazine groups is 1. The second-order valence-corrected chi connectivity index (χ2v) is 15.1. The third-order valence-electron chi connectivity index (χ3n) is 5.48. The summed E-state index contributed by atoms with van der Waals surface area (Å²) in [6, 6.07) is 6.85. The number of halogens is 5. The fourth-order valence-corrected chi connectivity index (χ4v) is 4.62. The number of hydrogen-bond acceptors (Lipinski definition) is 21. The molecule has 7 aromatic rings. The zero-order valence-electron chi connectivity index (χ0n) is 45.7. The standard InChI is InChI=1S/C8H10N4O.C7H8BrN5.C5H2BrClN2O2.C5H3BrN4O.C2H5Br.2C2H4O2.5C2H6.CH5BO2.3CH4.H4N2.Pd.3H2/c1-3-13-12-7-4-6(2)5-9-8(7)10-11-12;1-2-10-13-6-3-5(8)4-9-7(6)11-12-13;6-3-1-4(9(10)11)5(7)8-2-3;6-3-1-4-5(7-2-3)8-9-10(4)11;1-2-3;2*1-2(3)4;5*1-2;1-2(3)4;;;;1-2;;;;/h4-5H,3H2,1-2H3;3-4,10H,2H2,1H3;1-2H;1-2,11H;2H2,1H3;2*1H3,(H,3,4);5*1-2H3;3-4H,1H3;3*1H4;1-2H2;;3*1H/i;;;;;;;;;;;;;;;;;;3*1+1. The zero-order chi connectivity index (χ0) is 60.2. The minimum absolute atomic E-state index is 0. The van der Waals surface area contributed by atoms with Gasteiger partial charge in [0.2, 0.25) is 22.1 Å². The van der Waals surface area contributed by atoms with Crippen molar-refractivity contribution < 1.29 is 69.5 Å². The summed E-state index contributed by atoms with van der Waals surface area (Å²) in [4.78, 5) is 52.3. The molecule has 0 atom stereocenters. The van der Waals surface area contributed by atoms with Crippen LogP contribution in [0.5, 0.6) is 0 Å². The molecular weight excluding hydrogens is 1410 g/mol. The van der Waals surface area contributed by atoms with Gasteiger partial charge in [-0.15, -0.1) is 15.3 Å². The Hall–Kier alpha value is -4.68. The van der Waals surface area contributed by atoms with Crippen molar-refractivity contribution >= 4 is 134 Å². The first-order valence-electron chi connectivity index (χ1n) is 22.7. The Kier molecular flexibility index (Phi) is 85.3. The van der Waals surface area contributed by atoms with E-state index in [-0.39, 0.29) is 57.8 Å². The molecule has 0 unspecified atom stereocenters. The SMILES string of the molecule is C.C.C.CB(O)O.CC.CC.CC.CC.CC.CC(=O)O.CC(=O)O.CCBr.CCNn1nnc2ncc(Br)cc21.CCOn1nnc2ncc(C)cc21.NN.O=[N+]([O-])c1cc(Br)cnc1Cl.On1nnc2ncc(Br)cc21.[2HH].[2HH].[2HH].[Pd]. The average molecular weight is 1510 g/mol. The molecule has 34 heteroatoms. The number of hydrogen-bond donors (Lipinski definition) is 8. The first-order chi connectivity index (χ1) is 35.6. The van der Waals surface area contributed by atoms with Crippen molar-refractivity contribution in [3.05, 3.63) is 83.3 Å². The van der Waals surface area contributed by atoms with E-state index in [1.807, 2.05) is 109 Å². The Morgan fingerprint density at radius 1 is 0.722 bits per heavy atom. The van der Waals surface area contributed by atoms with Gasteiger partial charge in [-0.1, -0.05) is 136 Å². The van der Waals surface area contributed by atoms with Crippen molar-refractivity contribution in [2.45, 2.75) is 140 Å². The van der Waals surface area contributed by atoms with E-state index in [1.54, 1.807) is 29.4 Å². The third kappa shape index (κ3) is 52.5. The molecule has 79 heavy (non-hydrogen) atoms. The van der Waals surface area contributed by atoms with Crippen molar-refractivity contribution in [3.8, 4) is 0 Å². The number of aliphatic carboxylic acids is 2. The van der Waals surface area contributed by atoms with Gasteiger partial charge in [0.25, 0.3) is 11.9 Å². The van der Waals surface area contributed by atoms with E-state index in [1.165, 1.54) is 23.9 Å². The number of aromatic nitrogens is 13. The van der Waals surface area contributed by atoms with Crippen molar-refractivity contribution in [3.63, 3.8) is 0 Å². The quantitative estimate of drug-likeness (QED) is 0.0151. The molecule has 0 saturated carbocycles. The molecule has 0 saturated heterocycles. The van der Waals surface area contributed by atoms with Crippen LogP contribution in [0.2, 0.25) is 12.0 Å². The number of fused-ring (bicyclic) bond motifs is 3. The largest absolute Gasteiger partial charge is 0.481 e. The van der Waals surface area contributed by atoms with Crippen LogP contribution >= 0.6 is 75.3 Å². The molecule has 466 valence electrons. The predicted molar refractivity (Wildman–Crippen MR) is 338 cm³/mol. The van der Waals surface area contributed by atoms with Gasteiger partial charge in [-0.2, -0.15) is 4.79 Å². The summed E-state index contributed by atoms with van der Waals surface area (Å²) >= 11 is 18.2. The minimum Gasteiger partial charge on any atom is -0.481 e. The van der Waals surface area contributed by atoms with Gasteiger partial charge in [0, 0.05) is 94.7 Å².